The lowest BCUT2D eigenvalue weighted by Crippen LogP contribution is -2.49. The van der Waals surface area contributed by atoms with Gasteiger partial charge in [0.15, 0.2) is 0 Å². The van der Waals surface area contributed by atoms with Crippen LogP contribution in [0.4, 0.5) is 0 Å². The van der Waals surface area contributed by atoms with Gasteiger partial charge in [-0.25, -0.2) is 4.79 Å². The molecule has 0 unspecified atom stereocenters. The van der Waals surface area contributed by atoms with E-state index < -0.39 is 11.6 Å². The summed E-state index contributed by atoms with van der Waals surface area (Å²) in [6.07, 6.45) is 6.74. The van der Waals surface area contributed by atoms with E-state index in [2.05, 4.69) is 6.58 Å². The number of amides is 1. The van der Waals surface area contributed by atoms with Gasteiger partial charge < -0.3 is 9.64 Å². The van der Waals surface area contributed by atoms with Gasteiger partial charge in [0.1, 0.15) is 11.6 Å². The minimum atomic E-state index is -0.546. The second-order valence-corrected chi connectivity index (χ2v) is 6.11. The van der Waals surface area contributed by atoms with Crippen LogP contribution in [0.15, 0.2) is 24.8 Å². The molecular weight excluding hydrogens is 242 g/mol. The molecule has 0 N–H and O–H groups in total. The van der Waals surface area contributed by atoms with E-state index in [9.17, 15) is 9.59 Å². The minimum Gasteiger partial charge on any atom is -0.458 e. The van der Waals surface area contributed by atoms with Crippen LogP contribution in [-0.4, -0.2) is 34.5 Å². The average Bonchev–Trinajstić information content (AvgIpc) is 2.66. The van der Waals surface area contributed by atoms with E-state index in [-0.39, 0.29) is 23.8 Å². The first-order valence-corrected chi connectivity index (χ1v) is 6.67. The van der Waals surface area contributed by atoms with Crippen molar-refractivity contribution in [2.45, 2.75) is 51.3 Å². The van der Waals surface area contributed by atoms with E-state index >= 15 is 0 Å². The van der Waals surface area contributed by atoms with Gasteiger partial charge in [0, 0.05) is 12.3 Å². The maximum absolute atomic E-state index is 12.3. The van der Waals surface area contributed by atoms with E-state index in [1.807, 2.05) is 32.9 Å². The summed E-state index contributed by atoms with van der Waals surface area (Å²) in [6, 6.07) is -0.527. The van der Waals surface area contributed by atoms with Gasteiger partial charge in [0.2, 0.25) is 5.91 Å². The van der Waals surface area contributed by atoms with Crippen LogP contribution in [0.1, 0.15) is 33.6 Å². The van der Waals surface area contributed by atoms with Crippen LogP contribution in [0.3, 0.4) is 0 Å². The van der Waals surface area contributed by atoms with Gasteiger partial charge in [-0.1, -0.05) is 18.2 Å². The highest BCUT2D eigenvalue weighted by Crippen LogP contribution is 2.35. The summed E-state index contributed by atoms with van der Waals surface area (Å²) in [4.78, 5) is 26.1. The Balaban J connectivity index is 2.25. The number of ether oxygens (including phenoxy) is 1. The van der Waals surface area contributed by atoms with Crippen molar-refractivity contribution in [3.8, 4) is 0 Å². The van der Waals surface area contributed by atoms with Crippen molar-refractivity contribution in [2.75, 3.05) is 0 Å². The summed E-state index contributed by atoms with van der Waals surface area (Å²) < 4.78 is 5.45. The zero-order valence-electron chi connectivity index (χ0n) is 11.8. The summed E-state index contributed by atoms with van der Waals surface area (Å²) in [5, 5.41) is 0. The van der Waals surface area contributed by atoms with Gasteiger partial charge in [-0.15, -0.1) is 6.58 Å². The Morgan fingerprint density at radius 3 is 2.79 bits per heavy atom. The third-order valence-electron chi connectivity index (χ3n) is 3.47. The normalized spacial score (nSPS) is 30.2. The Kier molecular flexibility index (Phi) is 3.52. The van der Waals surface area contributed by atoms with Crippen LogP contribution in [0.2, 0.25) is 0 Å². The monoisotopic (exact) mass is 263 g/mol. The van der Waals surface area contributed by atoms with E-state index in [0.29, 0.717) is 6.42 Å². The van der Waals surface area contributed by atoms with Gasteiger partial charge in [-0.2, -0.15) is 0 Å². The number of hydrogen-bond donors (Lipinski definition) is 0. The van der Waals surface area contributed by atoms with Crippen molar-refractivity contribution in [3.05, 3.63) is 24.8 Å². The fourth-order valence-corrected chi connectivity index (χ4v) is 2.75. The first kappa shape index (κ1) is 13.8. The van der Waals surface area contributed by atoms with Gasteiger partial charge in [0.05, 0.1) is 6.04 Å². The smallest absolute Gasteiger partial charge is 0.330 e. The molecule has 19 heavy (non-hydrogen) atoms. The summed E-state index contributed by atoms with van der Waals surface area (Å²) in [5.74, 6) is -0.372. The van der Waals surface area contributed by atoms with Gasteiger partial charge in [-0.3, -0.25) is 4.79 Å². The maximum atomic E-state index is 12.3. The second kappa shape index (κ2) is 4.83. The second-order valence-electron chi connectivity index (χ2n) is 6.11. The molecular formula is C15H21NO3. The summed E-state index contributed by atoms with van der Waals surface area (Å²) in [5.41, 5.74) is -0.546. The number of nitrogens with zero attached hydrogens (tertiary/aromatic N) is 1. The molecule has 2 aliphatic heterocycles. The quantitative estimate of drug-likeness (QED) is 0.566. The summed E-state index contributed by atoms with van der Waals surface area (Å²) in [7, 11) is 0. The van der Waals surface area contributed by atoms with E-state index in [4.69, 9.17) is 4.74 Å². The van der Waals surface area contributed by atoms with E-state index in [1.54, 1.807) is 11.0 Å². The highest BCUT2D eigenvalue weighted by molar-refractivity contribution is 5.88. The molecule has 4 nitrogen and oxygen atoms in total. The molecule has 1 amide bonds. The minimum absolute atomic E-state index is 0.00164. The Hall–Kier alpha value is -1.58. The van der Waals surface area contributed by atoms with Crippen molar-refractivity contribution < 1.29 is 14.3 Å². The highest BCUT2D eigenvalue weighted by atomic mass is 16.6. The first-order valence-electron chi connectivity index (χ1n) is 6.67. The van der Waals surface area contributed by atoms with Crippen LogP contribution in [0.25, 0.3) is 0 Å². The topological polar surface area (TPSA) is 46.6 Å². The van der Waals surface area contributed by atoms with Crippen LogP contribution in [-0.2, 0) is 14.3 Å². The molecule has 0 spiro atoms. The molecule has 0 aliphatic carbocycles. The van der Waals surface area contributed by atoms with Crippen molar-refractivity contribution in [2.24, 2.45) is 5.92 Å². The molecule has 0 saturated carbocycles. The third-order valence-corrected chi connectivity index (χ3v) is 3.47. The zero-order chi connectivity index (χ0) is 14.2. The van der Waals surface area contributed by atoms with Crippen molar-refractivity contribution in [1.82, 2.24) is 4.90 Å². The van der Waals surface area contributed by atoms with Gasteiger partial charge >= 0.3 is 5.97 Å². The number of esters is 1. The number of hydrogen-bond acceptors (Lipinski definition) is 3. The molecule has 104 valence electrons. The van der Waals surface area contributed by atoms with Crippen molar-refractivity contribution in [1.29, 1.82) is 0 Å². The lowest BCUT2D eigenvalue weighted by atomic mass is 9.99. The fraction of sp³-hybridized carbons (Fsp3) is 0.600. The van der Waals surface area contributed by atoms with Crippen molar-refractivity contribution in [3.63, 3.8) is 0 Å². The number of carbonyl (C=O) groups is 2. The fourth-order valence-electron chi connectivity index (χ4n) is 2.75. The van der Waals surface area contributed by atoms with E-state index in [0.717, 1.165) is 6.42 Å². The number of rotatable bonds is 2. The molecule has 2 heterocycles. The van der Waals surface area contributed by atoms with E-state index in [1.165, 1.54) is 0 Å². The van der Waals surface area contributed by atoms with Crippen LogP contribution in [0, 0.1) is 5.92 Å². The van der Waals surface area contributed by atoms with Crippen LogP contribution in [0.5, 0.6) is 0 Å². The SMILES string of the molecule is C=C[C@H]1C[C@H]2C=CCC(=O)N2[C@H]1C(=O)OC(C)(C)C. The summed E-state index contributed by atoms with van der Waals surface area (Å²) in [6.45, 7) is 9.28. The molecule has 0 aromatic carbocycles. The lowest BCUT2D eigenvalue weighted by molar-refractivity contribution is -0.164. The lowest BCUT2D eigenvalue weighted by Gasteiger charge is -2.32. The van der Waals surface area contributed by atoms with Crippen LogP contribution < -0.4 is 0 Å². The zero-order valence-corrected chi connectivity index (χ0v) is 11.8. The Morgan fingerprint density at radius 2 is 2.21 bits per heavy atom. The molecule has 0 aromatic rings. The standard InChI is InChI=1S/C15H21NO3/c1-5-10-9-11-7-6-8-12(17)16(11)13(10)14(18)19-15(2,3)4/h5-7,10-11,13H,1,8-9H2,2-4H3/t10-,11+,13+/m0/s1. The molecule has 4 heteroatoms. The highest BCUT2D eigenvalue weighted by Gasteiger charge is 2.47. The molecule has 1 saturated heterocycles. The molecule has 0 bridgehead atoms. The Morgan fingerprint density at radius 1 is 1.53 bits per heavy atom. The maximum Gasteiger partial charge on any atom is 0.330 e. The Labute approximate surface area is 114 Å². The molecule has 2 rings (SSSR count). The molecule has 2 aliphatic rings. The Bertz CT molecular complexity index is 433. The van der Waals surface area contributed by atoms with Crippen molar-refractivity contribution >= 4 is 11.9 Å². The predicted molar refractivity (Wildman–Crippen MR) is 72.3 cm³/mol. The predicted octanol–water partition coefficient (Wildman–Crippen LogP) is 2.06. The van der Waals surface area contributed by atoms with Crippen LogP contribution >= 0.6 is 0 Å². The third kappa shape index (κ3) is 2.72. The van der Waals surface area contributed by atoms with Gasteiger partial charge in [0.25, 0.3) is 0 Å². The number of carbonyl (C=O) groups excluding carboxylic acids is 2. The average molecular weight is 263 g/mol. The molecule has 3 atom stereocenters. The first-order chi connectivity index (χ1) is 8.83. The number of fused-ring (bicyclic) bond motifs is 1. The van der Waals surface area contributed by atoms with Gasteiger partial charge in [-0.05, 0) is 27.2 Å². The summed E-state index contributed by atoms with van der Waals surface area (Å²) >= 11 is 0. The molecule has 0 aromatic heterocycles. The molecule has 0 radical (unpaired) electrons. The molecule has 1 fully saturated rings. The largest absolute Gasteiger partial charge is 0.458 e.